The molecule has 3 nitrogen and oxygen atoms in total. The number of ether oxygens (including phenoxy) is 1. The normalized spacial score (nSPS) is 23.4. The molecule has 1 atom stereocenters. The molecule has 1 aromatic rings. The first-order valence-electron chi connectivity index (χ1n) is 7.22. The van der Waals surface area contributed by atoms with Crippen molar-refractivity contribution in [3.63, 3.8) is 0 Å². The number of benzene rings is 1. The van der Waals surface area contributed by atoms with Crippen molar-refractivity contribution in [2.75, 3.05) is 0 Å². The van der Waals surface area contributed by atoms with Crippen molar-refractivity contribution in [3.05, 3.63) is 28.8 Å². The topological polar surface area (TPSA) is 46.5 Å². The number of alkyl halides is 3. The maximum absolute atomic E-state index is 13.1. The van der Waals surface area contributed by atoms with Gasteiger partial charge in [0.05, 0.1) is 5.57 Å². The van der Waals surface area contributed by atoms with Crippen LogP contribution in [0, 0.1) is 6.85 Å². The number of rotatable bonds is 2. The average molecular weight is 387 g/mol. The van der Waals surface area contributed by atoms with Crippen molar-refractivity contribution >= 4 is 22.3 Å². The molecule has 12 heteroatoms. The Morgan fingerprint density at radius 1 is 1.25 bits per heavy atom. The second kappa shape index (κ2) is 4.35. The molecule has 2 rings (SSSR count). The maximum Gasteiger partial charge on any atom is 0.430 e. The van der Waals surface area contributed by atoms with E-state index in [1.165, 1.54) is 0 Å². The number of fused-ring (bicyclic) bond motifs is 1. The van der Waals surface area contributed by atoms with E-state index in [9.17, 15) is 37.4 Å². The van der Waals surface area contributed by atoms with E-state index in [1.807, 2.05) is 0 Å². The lowest BCUT2D eigenvalue weighted by Gasteiger charge is -2.41. The van der Waals surface area contributed by atoms with Gasteiger partial charge >= 0.3 is 22.4 Å². The van der Waals surface area contributed by atoms with Crippen LogP contribution in [0.4, 0.5) is 32.6 Å². The lowest BCUT2D eigenvalue weighted by atomic mass is 9.99. The summed E-state index contributed by atoms with van der Waals surface area (Å²) in [6.45, 7) is -3.56. The van der Waals surface area contributed by atoms with E-state index in [1.54, 1.807) is 0 Å². The van der Waals surface area contributed by atoms with E-state index in [4.69, 9.17) is 9.22 Å². The van der Waals surface area contributed by atoms with Gasteiger partial charge in [-0.15, -0.1) is 0 Å². The van der Waals surface area contributed by atoms with Crippen molar-refractivity contribution in [1.82, 2.24) is 0 Å². The highest BCUT2D eigenvalue weighted by Crippen LogP contribution is 3.02. The molecule has 1 N–H and O–H groups in total. The highest BCUT2D eigenvalue weighted by atomic mass is 32.5. The first-order valence-corrected chi connectivity index (χ1v) is 7.67. The van der Waals surface area contributed by atoms with Crippen LogP contribution in [0.25, 0.3) is 6.08 Å². The molecule has 1 aliphatic heterocycles. The number of carbonyl (C=O) groups is 1. The van der Waals surface area contributed by atoms with Crippen LogP contribution in [-0.2, 0) is 4.79 Å². The van der Waals surface area contributed by atoms with Crippen molar-refractivity contribution in [3.8, 4) is 5.75 Å². The lowest BCUT2D eigenvalue weighted by Crippen LogP contribution is -2.40. The molecule has 0 fully saturated rings. The molecule has 0 saturated carbocycles. The summed E-state index contributed by atoms with van der Waals surface area (Å²) in [6.07, 6.45) is -8.54. The Morgan fingerprint density at radius 2 is 1.83 bits per heavy atom. The molecule has 0 amide bonds. The third kappa shape index (κ3) is 3.42. The van der Waals surface area contributed by atoms with E-state index < -0.39 is 68.7 Å². The Morgan fingerprint density at radius 3 is 2.25 bits per heavy atom. The highest BCUT2D eigenvalue weighted by molar-refractivity contribution is 8.45. The molecule has 24 heavy (non-hydrogen) atoms. The molecule has 1 unspecified atom stereocenters. The summed E-state index contributed by atoms with van der Waals surface area (Å²) in [5, 5.41) is 8.83. The van der Waals surface area contributed by atoms with Crippen LogP contribution >= 0.6 is 10.2 Å². The van der Waals surface area contributed by atoms with Gasteiger partial charge in [0.15, 0.2) is 0 Å². The minimum Gasteiger partial charge on any atom is -0.478 e. The zero-order valence-corrected chi connectivity index (χ0v) is 11.8. The largest absolute Gasteiger partial charge is 0.478 e. The summed E-state index contributed by atoms with van der Waals surface area (Å²) < 4.78 is 130. The minimum atomic E-state index is -10.4. The van der Waals surface area contributed by atoms with E-state index in [2.05, 4.69) is 4.74 Å². The molecule has 1 heterocycles. The van der Waals surface area contributed by atoms with E-state index in [0.717, 1.165) is 0 Å². The van der Waals surface area contributed by atoms with Crippen LogP contribution in [0.2, 0.25) is 0 Å². The summed E-state index contributed by atoms with van der Waals surface area (Å²) in [5.41, 5.74) is -4.33. The van der Waals surface area contributed by atoms with Gasteiger partial charge in [-0.2, -0.15) is 13.2 Å². The summed E-state index contributed by atoms with van der Waals surface area (Å²) in [5.74, 6) is -3.52. The molecule has 0 saturated heterocycles. The molecule has 0 aromatic heterocycles. The Balaban J connectivity index is 2.90. The standard InChI is InChI=1S/C12H8F8O3S/c1-5-2-7(24(16,17,18,19)20)3-6-4-8(11(21)22)10(12(13,14)15)23-9(5)6/h2-4,10H,1H3,(H,21,22)/i1D3. The van der Waals surface area contributed by atoms with Crippen LogP contribution in [0.3, 0.4) is 0 Å². The zero-order valence-electron chi connectivity index (χ0n) is 14.0. The summed E-state index contributed by atoms with van der Waals surface area (Å²) in [4.78, 5) is 8.29. The Hall–Kier alpha value is -1.98. The third-order valence-corrected chi connectivity index (χ3v) is 4.04. The molecular weight excluding hydrogens is 376 g/mol. The van der Waals surface area contributed by atoms with Gasteiger partial charge in [-0.3, -0.25) is 0 Å². The smallest absolute Gasteiger partial charge is 0.430 e. The van der Waals surface area contributed by atoms with Gasteiger partial charge in [-0.05, 0) is 30.6 Å². The molecule has 1 aliphatic rings. The van der Waals surface area contributed by atoms with E-state index in [0.29, 0.717) is 0 Å². The summed E-state index contributed by atoms with van der Waals surface area (Å²) in [7, 11) is -10.4. The monoisotopic (exact) mass is 387 g/mol. The number of halogens is 8. The number of hydrogen-bond acceptors (Lipinski definition) is 2. The van der Waals surface area contributed by atoms with E-state index >= 15 is 0 Å². The third-order valence-electron chi connectivity index (χ3n) is 2.91. The molecule has 0 spiro atoms. The fraction of sp³-hybridized carbons (Fsp3) is 0.250. The lowest BCUT2D eigenvalue weighted by molar-refractivity contribution is -0.187. The van der Waals surface area contributed by atoms with Gasteiger partial charge in [0.1, 0.15) is 10.6 Å². The average Bonchev–Trinajstić information content (AvgIpc) is 2.39. The van der Waals surface area contributed by atoms with E-state index in [-0.39, 0.29) is 12.1 Å². The number of carboxylic acid groups (broad SMARTS) is 1. The van der Waals surface area contributed by atoms with Crippen molar-refractivity contribution in [1.29, 1.82) is 0 Å². The second-order valence-corrected chi connectivity index (χ2v) is 7.21. The Bertz CT molecular complexity index is 858. The van der Waals surface area contributed by atoms with Crippen molar-refractivity contribution in [2.24, 2.45) is 0 Å². The predicted octanol–water partition coefficient (Wildman–Crippen LogP) is 5.44. The van der Waals surface area contributed by atoms with Gasteiger partial charge in [0.2, 0.25) is 6.10 Å². The molecule has 0 radical (unpaired) electrons. The molecule has 136 valence electrons. The van der Waals surface area contributed by atoms with Crippen LogP contribution in [0.5, 0.6) is 5.75 Å². The second-order valence-electron chi connectivity index (χ2n) is 4.80. The van der Waals surface area contributed by atoms with Crippen LogP contribution in [0.15, 0.2) is 22.6 Å². The SMILES string of the molecule is [2H]C([2H])([2H])c1cc(S(F)(F)(F)(F)F)cc2c1OC(C(F)(F)F)C(C(=O)O)=C2. The Kier molecular flexibility index (Phi) is 2.60. The first kappa shape index (κ1) is 14.4. The first-order chi connectivity index (χ1) is 11.6. The molecule has 0 bridgehead atoms. The Labute approximate surface area is 133 Å². The van der Waals surface area contributed by atoms with Gasteiger partial charge in [0, 0.05) is 9.68 Å². The van der Waals surface area contributed by atoms with Crippen molar-refractivity contribution in [2.45, 2.75) is 24.0 Å². The number of aliphatic carboxylic acids is 1. The highest BCUT2D eigenvalue weighted by Gasteiger charge is 2.65. The van der Waals surface area contributed by atoms with Gasteiger partial charge in [-0.1, -0.05) is 19.4 Å². The van der Waals surface area contributed by atoms with Crippen molar-refractivity contribution < 1.29 is 51.4 Å². The fourth-order valence-electron chi connectivity index (χ4n) is 1.93. The van der Waals surface area contributed by atoms with Gasteiger partial charge in [0.25, 0.3) is 0 Å². The number of aryl methyl sites for hydroxylation is 1. The number of hydrogen-bond donors (Lipinski definition) is 1. The summed E-state index contributed by atoms with van der Waals surface area (Å²) >= 11 is 0. The molecule has 1 aromatic carbocycles. The molecule has 0 aliphatic carbocycles. The predicted molar refractivity (Wildman–Crippen MR) is 68.7 cm³/mol. The zero-order chi connectivity index (χ0) is 21.3. The van der Waals surface area contributed by atoms with Crippen LogP contribution < -0.4 is 4.74 Å². The minimum absolute atomic E-state index is 0.0293. The number of carboxylic acids is 1. The molecular formula is C12H8F8O3S. The summed E-state index contributed by atoms with van der Waals surface area (Å²) in [6, 6.07) is -0.859. The quantitative estimate of drug-likeness (QED) is 0.687. The van der Waals surface area contributed by atoms with Gasteiger partial charge in [-0.25, -0.2) is 4.79 Å². The van der Waals surface area contributed by atoms with Gasteiger partial charge < -0.3 is 9.84 Å². The van der Waals surface area contributed by atoms with Crippen LogP contribution in [-0.4, -0.2) is 23.4 Å². The maximum atomic E-state index is 13.1. The van der Waals surface area contributed by atoms with Crippen LogP contribution in [0.1, 0.15) is 15.2 Å². The fourth-order valence-corrected chi connectivity index (χ4v) is 2.62.